The van der Waals surface area contributed by atoms with Crippen molar-refractivity contribution in [2.45, 2.75) is 13.3 Å². The second-order valence-electron chi connectivity index (χ2n) is 4.33. The number of hydrogen-bond donors (Lipinski definition) is 1. The molecule has 1 heterocycles. The minimum Gasteiger partial charge on any atom is -0.354 e. The summed E-state index contributed by atoms with van der Waals surface area (Å²) >= 11 is 6.15. The molecule has 2 rings (SSSR count). The van der Waals surface area contributed by atoms with Crippen LogP contribution in [0.4, 0.5) is 0 Å². The number of aryl methyl sites for hydroxylation is 1. The maximum absolute atomic E-state index is 12.3. The Labute approximate surface area is 111 Å². The van der Waals surface area contributed by atoms with Crippen LogP contribution in [0.1, 0.15) is 22.3 Å². The predicted octanol–water partition coefficient (Wildman–Crippen LogP) is 1.61. The van der Waals surface area contributed by atoms with Crippen molar-refractivity contribution in [2.24, 2.45) is 0 Å². The average molecular weight is 267 g/mol. The van der Waals surface area contributed by atoms with E-state index in [-0.39, 0.29) is 11.8 Å². The third-order valence-corrected chi connectivity index (χ3v) is 3.52. The van der Waals surface area contributed by atoms with Gasteiger partial charge in [-0.3, -0.25) is 9.59 Å². The Bertz CT molecular complexity index is 488. The lowest BCUT2D eigenvalue weighted by molar-refractivity contribution is -0.120. The van der Waals surface area contributed by atoms with Crippen LogP contribution in [0.2, 0.25) is 5.02 Å². The molecule has 96 valence electrons. The maximum atomic E-state index is 12.3. The highest BCUT2D eigenvalue weighted by Gasteiger charge is 2.21. The van der Waals surface area contributed by atoms with Crippen LogP contribution in [0, 0.1) is 6.92 Å². The summed E-state index contributed by atoms with van der Waals surface area (Å²) in [4.78, 5) is 25.2. The van der Waals surface area contributed by atoms with Crippen molar-refractivity contribution >= 4 is 23.4 Å². The van der Waals surface area contributed by atoms with Crippen LogP contribution in [0.5, 0.6) is 0 Å². The van der Waals surface area contributed by atoms with Crippen LogP contribution >= 0.6 is 11.6 Å². The van der Waals surface area contributed by atoms with E-state index < -0.39 is 0 Å². The lowest BCUT2D eigenvalue weighted by Crippen LogP contribution is -2.34. The molecular weight excluding hydrogens is 252 g/mol. The molecule has 1 saturated heterocycles. The van der Waals surface area contributed by atoms with E-state index in [9.17, 15) is 9.59 Å². The van der Waals surface area contributed by atoms with Gasteiger partial charge in [0.2, 0.25) is 5.91 Å². The molecule has 1 fully saturated rings. The first kappa shape index (κ1) is 12.9. The second kappa shape index (κ2) is 5.40. The first-order valence-corrected chi connectivity index (χ1v) is 6.28. The maximum Gasteiger partial charge on any atom is 0.255 e. The molecule has 5 heteroatoms. The quantitative estimate of drug-likeness (QED) is 0.840. The van der Waals surface area contributed by atoms with E-state index in [1.165, 1.54) is 0 Å². The highest BCUT2D eigenvalue weighted by Crippen LogP contribution is 2.22. The molecule has 1 N–H and O–H groups in total. The smallest absolute Gasteiger partial charge is 0.255 e. The number of carbonyl (C=O) groups is 2. The first-order chi connectivity index (χ1) is 8.59. The van der Waals surface area contributed by atoms with E-state index in [2.05, 4.69) is 5.32 Å². The summed E-state index contributed by atoms with van der Waals surface area (Å²) in [7, 11) is 0. The van der Waals surface area contributed by atoms with Crippen molar-refractivity contribution in [1.29, 1.82) is 0 Å². The molecule has 0 radical (unpaired) electrons. The SMILES string of the molecule is Cc1cccc(C(=O)N2CCNC(=O)CC2)c1Cl. The summed E-state index contributed by atoms with van der Waals surface area (Å²) in [5.41, 5.74) is 1.39. The lowest BCUT2D eigenvalue weighted by Gasteiger charge is -2.20. The minimum absolute atomic E-state index is 0.0133. The van der Waals surface area contributed by atoms with Crippen molar-refractivity contribution in [1.82, 2.24) is 10.2 Å². The van der Waals surface area contributed by atoms with Crippen LogP contribution in [-0.4, -0.2) is 36.3 Å². The van der Waals surface area contributed by atoms with E-state index in [0.717, 1.165) is 5.56 Å². The Kier molecular flexibility index (Phi) is 3.87. The fourth-order valence-electron chi connectivity index (χ4n) is 1.95. The molecule has 2 amide bonds. The van der Waals surface area contributed by atoms with Crippen molar-refractivity contribution in [2.75, 3.05) is 19.6 Å². The number of nitrogens with zero attached hydrogens (tertiary/aromatic N) is 1. The molecule has 0 aromatic heterocycles. The van der Waals surface area contributed by atoms with Gasteiger partial charge in [0.1, 0.15) is 0 Å². The zero-order valence-corrected chi connectivity index (χ0v) is 11.0. The first-order valence-electron chi connectivity index (χ1n) is 5.90. The van der Waals surface area contributed by atoms with Crippen LogP contribution in [-0.2, 0) is 4.79 Å². The summed E-state index contributed by atoms with van der Waals surface area (Å²) in [5, 5.41) is 3.23. The molecule has 0 aliphatic carbocycles. The topological polar surface area (TPSA) is 49.4 Å². The van der Waals surface area contributed by atoms with Crippen LogP contribution in [0.3, 0.4) is 0 Å². The van der Waals surface area contributed by atoms with Crippen LogP contribution in [0.25, 0.3) is 0 Å². The molecule has 0 spiro atoms. The number of nitrogens with one attached hydrogen (secondary N) is 1. The van der Waals surface area contributed by atoms with Gasteiger partial charge in [0.05, 0.1) is 10.6 Å². The number of hydrogen-bond acceptors (Lipinski definition) is 2. The average Bonchev–Trinajstić information content (AvgIpc) is 2.57. The van der Waals surface area contributed by atoms with Crippen molar-refractivity contribution in [3.05, 3.63) is 34.3 Å². The van der Waals surface area contributed by atoms with Crippen molar-refractivity contribution < 1.29 is 9.59 Å². The summed E-state index contributed by atoms with van der Waals surface area (Å²) in [6.45, 7) is 3.32. The van der Waals surface area contributed by atoms with E-state index >= 15 is 0 Å². The van der Waals surface area contributed by atoms with Crippen LogP contribution < -0.4 is 5.32 Å². The standard InChI is InChI=1S/C13H15ClN2O2/c1-9-3-2-4-10(12(9)14)13(18)16-7-5-11(17)15-6-8-16/h2-4H,5-8H2,1H3,(H,15,17). The fraction of sp³-hybridized carbons (Fsp3) is 0.385. The summed E-state index contributed by atoms with van der Waals surface area (Å²) in [5.74, 6) is -0.124. The van der Waals surface area contributed by atoms with Gasteiger partial charge < -0.3 is 10.2 Å². The van der Waals surface area contributed by atoms with Gasteiger partial charge in [0.25, 0.3) is 5.91 Å². The predicted molar refractivity (Wildman–Crippen MR) is 69.7 cm³/mol. The Balaban J connectivity index is 2.20. The lowest BCUT2D eigenvalue weighted by atomic mass is 10.1. The normalized spacial score (nSPS) is 16.1. The largest absolute Gasteiger partial charge is 0.354 e. The Hall–Kier alpha value is -1.55. The number of halogens is 1. The van der Waals surface area contributed by atoms with Gasteiger partial charge in [0, 0.05) is 26.1 Å². The Morgan fingerprint density at radius 1 is 1.39 bits per heavy atom. The summed E-state index contributed by atoms with van der Waals surface area (Å²) < 4.78 is 0. The molecule has 0 atom stereocenters. The number of carbonyl (C=O) groups excluding carboxylic acids is 2. The monoisotopic (exact) mass is 266 g/mol. The molecular formula is C13H15ClN2O2. The molecule has 0 bridgehead atoms. The number of rotatable bonds is 1. The molecule has 0 unspecified atom stereocenters. The summed E-state index contributed by atoms with van der Waals surface area (Å²) in [6, 6.07) is 5.40. The summed E-state index contributed by atoms with van der Waals surface area (Å²) in [6.07, 6.45) is 0.342. The zero-order valence-electron chi connectivity index (χ0n) is 10.2. The van der Waals surface area contributed by atoms with Gasteiger partial charge >= 0.3 is 0 Å². The number of benzene rings is 1. The Morgan fingerprint density at radius 2 is 2.17 bits per heavy atom. The van der Waals surface area contributed by atoms with E-state index in [1.54, 1.807) is 11.0 Å². The molecule has 4 nitrogen and oxygen atoms in total. The third-order valence-electron chi connectivity index (χ3n) is 3.02. The van der Waals surface area contributed by atoms with Crippen molar-refractivity contribution in [3.8, 4) is 0 Å². The van der Waals surface area contributed by atoms with Crippen LogP contribution in [0.15, 0.2) is 18.2 Å². The third kappa shape index (κ3) is 2.64. The van der Waals surface area contributed by atoms with E-state index in [4.69, 9.17) is 11.6 Å². The highest BCUT2D eigenvalue weighted by molar-refractivity contribution is 6.34. The van der Waals surface area contributed by atoms with Gasteiger partial charge in [-0.25, -0.2) is 0 Å². The van der Waals surface area contributed by atoms with E-state index in [1.807, 2.05) is 19.1 Å². The van der Waals surface area contributed by atoms with Gasteiger partial charge in [-0.1, -0.05) is 23.7 Å². The zero-order chi connectivity index (χ0) is 13.1. The van der Waals surface area contributed by atoms with Gasteiger partial charge in [0.15, 0.2) is 0 Å². The minimum atomic E-state index is -0.111. The van der Waals surface area contributed by atoms with E-state index in [0.29, 0.717) is 36.6 Å². The fourth-order valence-corrected chi connectivity index (χ4v) is 2.16. The molecule has 1 aliphatic rings. The molecule has 1 aliphatic heterocycles. The second-order valence-corrected chi connectivity index (χ2v) is 4.71. The van der Waals surface area contributed by atoms with Gasteiger partial charge in [-0.2, -0.15) is 0 Å². The molecule has 18 heavy (non-hydrogen) atoms. The highest BCUT2D eigenvalue weighted by atomic mass is 35.5. The van der Waals surface area contributed by atoms with Crippen molar-refractivity contribution in [3.63, 3.8) is 0 Å². The van der Waals surface area contributed by atoms with Gasteiger partial charge in [-0.15, -0.1) is 0 Å². The Morgan fingerprint density at radius 3 is 2.94 bits per heavy atom. The molecule has 0 saturated carbocycles. The molecule has 1 aromatic rings. The number of amides is 2. The molecule has 1 aromatic carbocycles. The van der Waals surface area contributed by atoms with Gasteiger partial charge in [-0.05, 0) is 18.6 Å².